The van der Waals surface area contributed by atoms with Gasteiger partial charge >= 0.3 is 5.97 Å². The van der Waals surface area contributed by atoms with Crippen molar-refractivity contribution in [3.8, 4) is 0 Å². The molecule has 0 aliphatic rings. The van der Waals surface area contributed by atoms with Gasteiger partial charge in [-0.1, -0.05) is 88.2 Å². The molecule has 180 valence electrons. The van der Waals surface area contributed by atoms with Crippen LogP contribution in [0.3, 0.4) is 0 Å². The summed E-state index contributed by atoms with van der Waals surface area (Å²) >= 11 is 0. The van der Waals surface area contributed by atoms with E-state index in [1.54, 1.807) is 6.92 Å². The number of carbonyl (C=O) groups is 1. The SMILES string of the molecule is C=C[C@@](C)(O)[C@H](CC=C(C)C)OC(=O)CCCCCCC/C=C\CCCCCCCC. The summed E-state index contributed by atoms with van der Waals surface area (Å²) in [7, 11) is 0. The molecule has 3 heteroatoms. The number of allylic oxidation sites excluding steroid dienone is 3. The number of aliphatic hydroxyl groups is 1. The predicted octanol–water partition coefficient (Wildman–Crippen LogP) is 8.23. The third kappa shape index (κ3) is 18.0. The Morgan fingerprint density at radius 1 is 0.935 bits per heavy atom. The van der Waals surface area contributed by atoms with Crippen molar-refractivity contribution in [3.63, 3.8) is 0 Å². The second-order valence-electron chi connectivity index (χ2n) is 9.26. The quantitative estimate of drug-likeness (QED) is 0.119. The zero-order chi connectivity index (χ0) is 23.4. The normalized spacial score (nSPS) is 14.2. The molecule has 0 amide bonds. The molecule has 0 radical (unpaired) electrons. The van der Waals surface area contributed by atoms with Crippen molar-refractivity contribution in [2.24, 2.45) is 0 Å². The van der Waals surface area contributed by atoms with E-state index in [0.717, 1.165) is 24.8 Å². The van der Waals surface area contributed by atoms with Gasteiger partial charge in [-0.15, -0.1) is 6.58 Å². The molecule has 0 aromatic rings. The zero-order valence-corrected chi connectivity index (χ0v) is 21.0. The van der Waals surface area contributed by atoms with Gasteiger partial charge < -0.3 is 9.84 Å². The maximum absolute atomic E-state index is 12.2. The van der Waals surface area contributed by atoms with Crippen molar-refractivity contribution in [2.75, 3.05) is 0 Å². The second kappa shape index (κ2) is 19.3. The number of ether oxygens (including phenoxy) is 1. The van der Waals surface area contributed by atoms with E-state index in [1.807, 2.05) is 19.9 Å². The van der Waals surface area contributed by atoms with E-state index in [-0.39, 0.29) is 5.97 Å². The molecule has 0 saturated carbocycles. The lowest BCUT2D eigenvalue weighted by molar-refractivity contribution is -0.159. The van der Waals surface area contributed by atoms with Crippen LogP contribution in [0.5, 0.6) is 0 Å². The summed E-state index contributed by atoms with van der Waals surface area (Å²) in [6.07, 6.45) is 24.5. The first-order valence-electron chi connectivity index (χ1n) is 12.7. The van der Waals surface area contributed by atoms with Crippen molar-refractivity contribution in [3.05, 3.63) is 36.5 Å². The van der Waals surface area contributed by atoms with Gasteiger partial charge in [-0.05, 0) is 52.9 Å². The highest BCUT2D eigenvalue weighted by molar-refractivity contribution is 5.69. The Morgan fingerprint density at radius 3 is 1.97 bits per heavy atom. The molecule has 0 rings (SSSR count). The lowest BCUT2D eigenvalue weighted by Crippen LogP contribution is -2.40. The third-order valence-electron chi connectivity index (χ3n) is 5.72. The molecule has 0 aliphatic carbocycles. The summed E-state index contributed by atoms with van der Waals surface area (Å²) in [6.45, 7) is 11.6. The Labute approximate surface area is 193 Å². The van der Waals surface area contributed by atoms with Gasteiger partial charge in [0.2, 0.25) is 0 Å². The van der Waals surface area contributed by atoms with Crippen molar-refractivity contribution >= 4 is 5.97 Å². The van der Waals surface area contributed by atoms with E-state index in [9.17, 15) is 9.90 Å². The largest absolute Gasteiger partial charge is 0.459 e. The fourth-order valence-corrected chi connectivity index (χ4v) is 3.44. The highest BCUT2D eigenvalue weighted by Gasteiger charge is 2.31. The summed E-state index contributed by atoms with van der Waals surface area (Å²) in [5.74, 6) is -0.230. The van der Waals surface area contributed by atoms with Crippen LogP contribution in [0, 0.1) is 0 Å². The molecule has 31 heavy (non-hydrogen) atoms. The topological polar surface area (TPSA) is 46.5 Å². The van der Waals surface area contributed by atoms with Crippen molar-refractivity contribution in [1.29, 1.82) is 0 Å². The van der Waals surface area contributed by atoms with E-state index < -0.39 is 11.7 Å². The first kappa shape index (κ1) is 29.7. The molecule has 0 saturated heterocycles. The Morgan fingerprint density at radius 2 is 1.45 bits per heavy atom. The van der Waals surface area contributed by atoms with Crippen LogP contribution < -0.4 is 0 Å². The molecule has 0 aromatic carbocycles. The predicted molar refractivity (Wildman–Crippen MR) is 134 cm³/mol. The highest BCUT2D eigenvalue weighted by atomic mass is 16.6. The average molecular weight is 435 g/mol. The molecule has 0 aromatic heterocycles. The molecule has 3 nitrogen and oxygen atoms in total. The van der Waals surface area contributed by atoms with Crippen molar-refractivity contribution < 1.29 is 14.6 Å². The minimum atomic E-state index is -1.22. The van der Waals surface area contributed by atoms with Gasteiger partial charge in [0.1, 0.15) is 11.7 Å². The molecule has 0 aliphatic heterocycles. The summed E-state index contributed by atoms with van der Waals surface area (Å²) in [6, 6.07) is 0. The Bertz CT molecular complexity index is 512. The van der Waals surface area contributed by atoms with Crippen LogP contribution in [-0.4, -0.2) is 22.8 Å². The van der Waals surface area contributed by atoms with Crippen molar-refractivity contribution in [2.45, 2.75) is 136 Å². The van der Waals surface area contributed by atoms with Crippen LogP contribution in [0.15, 0.2) is 36.5 Å². The molecule has 0 fully saturated rings. The van der Waals surface area contributed by atoms with Gasteiger partial charge in [0.25, 0.3) is 0 Å². The Kier molecular flexibility index (Phi) is 18.5. The van der Waals surface area contributed by atoms with Crippen LogP contribution in [0.4, 0.5) is 0 Å². The van der Waals surface area contributed by atoms with E-state index in [4.69, 9.17) is 4.74 Å². The van der Waals surface area contributed by atoms with Crippen LogP contribution >= 0.6 is 0 Å². The van der Waals surface area contributed by atoms with Gasteiger partial charge in [-0.2, -0.15) is 0 Å². The molecular formula is C28H50O3. The van der Waals surface area contributed by atoms with E-state index in [1.165, 1.54) is 70.3 Å². The molecule has 0 spiro atoms. The summed E-state index contributed by atoms with van der Waals surface area (Å²) in [5.41, 5.74) is -0.0809. The first-order valence-corrected chi connectivity index (χ1v) is 12.7. The smallest absolute Gasteiger partial charge is 0.306 e. The van der Waals surface area contributed by atoms with Crippen LogP contribution in [0.25, 0.3) is 0 Å². The molecular weight excluding hydrogens is 384 g/mol. The lowest BCUT2D eigenvalue weighted by Gasteiger charge is -2.29. The lowest BCUT2D eigenvalue weighted by atomic mass is 9.95. The number of esters is 1. The van der Waals surface area contributed by atoms with Gasteiger partial charge in [0.05, 0.1) is 0 Å². The number of carbonyl (C=O) groups excluding carboxylic acids is 1. The highest BCUT2D eigenvalue weighted by Crippen LogP contribution is 2.21. The third-order valence-corrected chi connectivity index (χ3v) is 5.72. The Balaban J connectivity index is 3.79. The standard InChI is InChI=1S/C28H50O3/c1-6-8-9-10-11-12-13-14-15-16-17-18-19-20-21-22-27(29)31-26(24-23-25(3)4)28(5,30)7-2/h7,14-15,23,26,30H,2,6,8-13,16-22,24H2,1,3-5H3/b15-14-/t26-,28+/m0/s1. The number of hydrogen-bond acceptors (Lipinski definition) is 3. The van der Waals surface area contributed by atoms with E-state index in [0.29, 0.717) is 12.8 Å². The fourth-order valence-electron chi connectivity index (χ4n) is 3.44. The van der Waals surface area contributed by atoms with Gasteiger partial charge in [0, 0.05) is 12.8 Å². The van der Waals surface area contributed by atoms with Crippen LogP contribution in [0.2, 0.25) is 0 Å². The van der Waals surface area contributed by atoms with Crippen LogP contribution in [0.1, 0.15) is 124 Å². The minimum Gasteiger partial charge on any atom is -0.459 e. The Hall–Kier alpha value is -1.35. The van der Waals surface area contributed by atoms with E-state index >= 15 is 0 Å². The first-order chi connectivity index (χ1) is 14.8. The summed E-state index contributed by atoms with van der Waals surface area (Å²) in [4.78, 5) is 12.2. The fraction of sp³-hybridized carbons (Fsp3) is 0.750. The molecule has 0 heterocycles. The van der Waals surface area contributed by atoms with Gasteiger partial charge in [-0.25, -0.2) is 0 Å². The number of unbranched alkanes of at least 4 members (excludes halogenated alkanes) is 11. The van der Waals surface area contributed by atoms with Crippen molar-refractivity contribution in [1.82, 2.24) is 0 Å². The number of hydrogen-bond donors (Lipinski definition) is 1. The second-order valence-corrected chi connectivity index (χ2v) is 9.26. The molecule has 0 unspecified atom stereocenters. The summed E-state index contributed by atoms with van der Waals surface area (Å²) < 4.78 is 5.56. The van der Waals surface area contributed by atoms with Crippen LogP contribution in [-0.2, 0) is 9.53 Å². The molecule has 2 atom stereocenters. The average Bonchev–Trinajstić information content (AvgIpc) is 2.73. The maximum atomic E-state index is 12.2. The van der Waals surface area contributed by atoms with Gasteiger partial charge in [0.15, 0.2) is 0 Å². The molecule has 0 bridgehead atoms. The molecule has 1 N–H and O–H groups in total. The van der Waals surface area contributed by atoms with E-state index in [2.05, 4.69) is 25.7 Å². The summed E-state index contributed by atoms with van der Waals surface area (Å²) in [5, 5.41) is 10.4. The number of rotatable bonds is 20. The monoisotopic (exact) mass is 434 g/mol. The minimum absolute atomic E-state index is 0.230. The maximum Gasteiger partial charge on any atom is 0.306 e. The van der Waals surface area contributed by atoms with Gasteiger partial charge in [-0.3, -0.25) is 4.79 Å². The zero-order valence-electron chi connectivity index (χ0n) is 21.0.